The highest BCUT2D eigenvalue weighted by molar-refractivity contribution is 6.31. The lowest BCUT2D eigenvalue weighted by atomic mass is 10.2. The second-order valence-electron chi connectivity index (χ2n) is 3.30. The first kappa shape index (κ1) is 13.0. The number of rotatable bonds is 6. The molecule has 3 N–H and O–H groups in total. The van der Waals surface area contributed by atoms with Gasteiger partial charge in [0, 0.05) is 25.8 Å². The van der Waals surface area contributed by atoms with Crippen molar-refractivity contribution in [3.8, 4) is 0 Å². The van der Waals surface area contributed by atoms with E-state index >= 15 is 0 Å². The topological polar surface area (TPSA) is 62.4 Å². The molecule has 0 aromatic carbocycles. The normalized spacial score (nSPS) is 10.2. The van der Waals surface area contributed by atoms with Gasteiger partial charge in [0.1, 0.15) is 5.82 Å². The molecular weight excluding hydrogens is 226 g/mol. The van der Waals surface area contributed by atoms with Crippen LogP contribution in [0, 0.1) is 0 Å². The maximum absolute atomic E-state index is 8.95. The van der Waals surface area contributed by atoms with E-state index < -0.39 is 0 Å². The molecule has 1 rings (SSSR count). The van der Waals surface area contributed by atoms with Crippen molar-refractivity contribution in [1.82, 2.24) is 4.98 Å². The number of aliphatic hydroxyl groups excluding tert-OH is 1. The fourth-order valence-corrected chi connectivity index (χ4v) is 1.55. The Morgan fingerprint density at radius 3 is 2.94 bits per heavy atom. The summed E-state index contributed by atoms with van der Waals surface area (Å²) in [4.78, 5) is 6.11. The summed E-state index contributed by atoms with van der Waals surface area (Å²) in [6, 6.07) is 1.83. The van der Waals surface area contributed by atoms with E-state index in [0.29, 0.717) is 24.7 Å². The molecule has 88 valence electrons. The van der Waals surface area contributed by atoms with Crippen molar-refractivity contribution in [3.63, 3.8) is 0 Å². The predicted molar refractivity (Wildman–Crippen MR) is 66.6 cm³/mol. The number of halogens is 1. The third kappa shape index (κ3) is 3.20. The van der Waals surface area contributed by atoms with Crippen LogP contribution in [0.25, 0.3) is 0 Å². The molecule has 0 fully saturated rings. The van der Waals surface area contributed by atoms with Crippen LogP contribution in [0.1, 0.15) is 5.56 Å². The van der Waals surface area contributed by atoms with Crippen molar-refractivity contribution in [2.45, 2.75) is 6.54 Å². The highest BCUT2D eigenvalue weighted by atomic mass is 35.5. The van der Waals surface area contributed by atoms with Gasteiger partial charge in [0.25, 0.3) is 0 Å². The maximum Gasteiger partial charge on any atom is 0.129 e. The lowest BCUT2D eigenvalue weighted by molar-refractivity contribution is 0.302. The number of aliphatic hydroxyl groups is 1. The quantitative estimate of drug-likeness (QED) is 0.735. The highest BCUT2D eigenvalue weighted by Gasteiger charge is 2.08. The Bertz CT molecular complexity index is 357. The molecule has 0 bridgehead atoms. The lowest BCUT2D eigenvalue weighted by Crippen LogP contribution is -2.27. The highest BCUT2D eigenvalue weighted by Crippen LogP contribution is 2.19. The number of anilines is 1. The van der Waals surface area contributed by atoms with Crippen molar-refractivity contribution in [3.05, 3.63) is 35.5 Å². The second-order valence-corrected chi connectivity index (χ2v) is 3.70. The van der Waals surface area contributed by atoms with Gasteiger partial charge in [-0.2, -0.15) is 0 Å². The van der Waals surface area contributed by atoms with Gasteiger partial charge in [-0.05, 0) is 11.6 Å². The van der Waals surface area contributed by atoms with E-state index in [0.717, 1.165) is 11.4 Å². The molecule has 0 amide bonds. The minimum atomic E-state index is 0.0656. The lowest BCUT2D eigenvalue weighted by Gasteiger charge is -2.21. The minimum absolute atomic E-state index is 0.0656. The molecule has 5 heteroatoms. The van der Waals surface area contributed by atoms with E-state index in [1.165, 1.54) is 0 Å². The third-order valence-electron chi connectivity index (χ3n) is 2.18. The van der Waals surface area contributed by atoms with E-state index in [2.05, 4.69) is 11.6 Å². The molecule has 0 unspecified atom stereocenters. The summed E-state index contributed by atoms with van der Waals surface area (Å²) < 4.78 is 0. The van der Waals surface area contributed by atoms with Gasteiger partial charge in [0.15, 0.2) is 0 Å². The van der Waals surface area contributed by atoms with Gasteiger partial charge in [0.05, 0.1) is 11.6 Å². The molecule has 0 saturated heterocycles. The summed E-state index contributed by atoms with van der Waals surface area (Å²) in [5.74, 6) is 0.749. The van der Waals surface area contributed by atoms with Gasteiger partial charge in [-0.15, -0.1) is 6.58 Å². The predicted octanol–water partition coefficient (Wildman–Crippen LogP) is 1.18. The summed E-state index contributed by atoms with van der Waals surface area (Å²) in [6.07, 6.45) is 3.33. The molecule has 4 nitrogen and oxygen atoms in total. The fraction of sp³-hybridized carbons (Fsp3) is 0.364. The van der Waals surface area contributed by atoms with Crippen molar-refractivity contribution in [2.24, 2.45) is 5.73 Å². The smallest absolute Gasteiger partial charge is 0.129 e. The van der Waals surface area contributed by atoms with Crippen LogP contribution in [0.15, 0.2) is 24.9 Å². The number of nitrogens with two attached hydrogens (primary N) is 1. The average molecular weight is 242 g/mol. The minimum Gasteiger partial charge on any atom is -0.395 e. The van der Waals surface area contributed by atoms with Gasteiger partial charge in [-0.3, -0.25) is 0 Å². The van der Waals surface area contributed by atoms with Crippen LogP contribution in [0.3, 0.4) is 0 Å². The second kappa shape index (κ2) is 6.48. The maximum atomic E-state index is 8.95. The van der Waals surface area contributed by atoms with Crippen molar-refractivity contribution in [2.75, 3.05) is 24.6 Å². The van der Waals surface area contributed by atoms with Crippen molar-refractivity contribution in [1.29, 1.82) is 0 Å². The Morgan fingerprint density at radius 1 is 1.62 bits per heavy atom. The zero-order chi connectivity index (χ0) is 12.0. The monoisotopic (exact) mass is 241 g/mol. The van der Waals surface area contributed by atoms with E-state index in [1.807, 2.05) is 11.0 Å². The molecule has 0 aliphatic heterocycles. The molecule has 0 atom stereocenters. The van der Waals surface area contributed by atoms with Gasteiger partial charge >= 0.3 is 0 Å². The van der Waals surface area contributed by atoms with Crippen LogP contribution in [0.4, 0.5) is 5.82 Å². The Labute approximate surface area is 100 Å². The zero-order valence-electron chi connectivity index (χ0n) is 9.06. The third-order valence-corrected chi connectivity index (χ3v) is 2.52. The number of nitrogens with zero attached hydrogens (tertiary/aromatic N) is 2. The molecule has 1 aromatic rings. The molecular formula is C11H16ClN3O. The average Bonchev–Trinajstić information content (AvgIpc) is 2.29. The van der Waals surface area contributed by atoms with Crippen molar-refractivity contribution < 1.29 is 5.11 Å². The summed E-state index contributed by atoms with van der Waals surface area (Å²) in [6.45, 7) is 5.23. The van der Waals surface area contributed by atoms with Crippen LogP contribution < -0.4 is 10.6 Å². The number of pyridine rings is 1. The largest absolute Gasteiger partial charge is 0.395 e. The van der Waals surface area contributed by atoms with E-state index in [1.54, 1.807) is 12.3 Å². The van der Waals surface area contributed by atoms with Crippen LogP contribution in [0.2, 0.25) is 5.02 Å². The van der Waals surface area contributed by atoms with Crippen molar-refractivity contribution >= 4 is 17.4 Å². The van der Waals surface area contributed by atoms with Gasteiger partial charge < -0.3 is 15.7 Å². The van der Waals surface area contributed by atoms with E-state index in [4.69, 9.17) is 22.4 Å². The molecule has 1 aromatic heterocycles. The standard InChI is InChI=1S/C11H16ClN3O/c1-2-3-15(4-5-16)11-6-9(7-13)10(12)8-14-11/h2,6,8,16H,1,3-5,7,13H2. The van der Waals surface area contributed by atoms with Crippen LogP contribution in [-0.4, -0.2) is 29.8 Å². The Balaban J connectivity index is 2.94. The molecule has 1 heterocycles. The SMILES string of the molecule is C=CCN(CCO)c1cc(CN)c(Cl)cn1. The van der Waals surface area contributed by atoms with Crippen LogP contribution in [-0.2, 0) is 6.54 Å². The van der Waals surface area contributed by atoms with E-state index in [-0.39, 0.29) is 6.61 Å². The zero-order valence-corrected chi connectivity index (χ0v) is 9.82. The van der Waals surface area contributed by atoms with Crippen LogP contribution in [0.5, 0.6) is 0 Å². The molecule has 0 spiro atoms. The fourth-order valence-electron chi connectivity index (χ4n) is 1.37. The molecule has 16 heavy (non-hydrogen) atoms. The molecule has 0 saturated carbocycles. The number of aromatic nitrogens is 1. The van der Waals surface area contributed by atoms with E-state index in [9.17, 15) is 0 Å². The Hall–Kier alpha value is -1.10. The van der Waals surface area contributed by atoms with Gasteiger partial charge in [-0.1, -0.05) is 17.7 Å². The Kier molecular flexibility index (Phi) is 5.25. The summed E-state index contributed by atoms with van der Waals surface area (Å²) in [7, 11) is 0. The first-order valence-corrected chi connectivity index (χ1v) is 5.42. The first-order chi connectivity index (χ1) is 7.72. The van der Waals surface area contributed by atoms with Gasteiger partial charge in [0.2, 0.25) is 0 Å². The first-order valence-electron chi connectivity index (χ1n) is 5.04. The molecule has 0 aliphatic rings. The molecule has 0 aliphatic carbocycles. The summed E-state index contributed by atoms with van der Waals surface area (Å²) in [5, 5.41) is 9.51. The summed E-state index contributed by atoms with van der Waals surface area (Å²) >= 11 is 5.92. The summed E-state index contributed by atoms with van der Waals surface area (Å²) in [5.41, 5.74) is 6.41. The Morgan fingerprint density at radius 2 is 2.38 bits per heavy atom. The molecule has 0 radical (unpaired) electrons. The van der Waals surface area contributed by atoms with Gasteiger partial charge in [-0.25, -0.2) is 4.98 Å². The number of hydrogen-bond donors (Lipinski definition) is 2. The number of hydrogen-bond acceptors (Lipinski definition) is 4. The van der Waals surface area contributed by atoms with Crippen LogP contribution >= 0.6 is 11.6 Å².